The molecule has 112 valence electrons. The van der Waals surface area contributed by atoms with Crippen molar-refractivity contribution in [3.8, 4) is 0 Å². The highest BCUT2D eigenvalue weighted by atomic mass is 32.1. The first kappa shape index (κ1) is 16.4. The number of carboxylic acid groups (broad SMARTS) is 1. The number of aliphatic carboxylic acids is 1. The van der Waals surface area contributed by atoms with Crippen LogP contribution >= 0.6 is 11.3 Å². The molecular weight excluding hydrogens is 278 g/mol. The molecule has 1 rings (SSSR count). The van der Waals surface area contributed by atoms with Crippen LogP contribution in [0.2, 0.25) is 0 Å². The van der Waals surface area contributed by atoms with Gasteiger partial charge < -0.3 is 15.7 Å². The van der Waals surface area contributed by atoms with E-state index in [4.69, 9.17) is 0 Å². The van der Waals surface area contributed by atoms with Gasteiger partial charge in [-0.3, -0.25) is 0 Å². The van der Waals surface area contributed by atoms with E-state index in [2.05, 4.69) is 15.6 Å². The summed E-state index contributed by atoms with van der Waals surface area (Å²) in [6.45, 7) is 5.43. The van der Waals surface area contributed by atoms with Crippen molar-refractivity contribution in [1.29, 1.82) is 0 Å². The number of thiazole rings is 1. The van der Waals surface area contributed by atoms with Crippen molar-refractivity contribution < 1.29 is 14.7 Å². The SMILES string of the molecule is CCC(NC(=O)NC(CC)(CC)C(=O)O)c1nccs1. The summed E-state index contributed by atoms with van der Waals surface area (Å²) in [7, 11) is 0. The Bertz CT molecular complexity index is 444. The Morgan fingerprint density at radius 1 is 1.40 bits per heavy atom. The molecule has 1 atom stereocenters. The maximum Gasteiger partial charge on any atom is 0.329 e. The molecule has 1 heterocycles. The number of aromatic nitrogens is 1. The van der Waals surface area contributed by atoms with E-state index in [1.807, 2.05) is 12.3 Å². The van der Waals surface area contributed by atoms with Gasteiger partial charge in [-0.05, 0) is 19.3 Å². The summed E-state index contributed by atoms with van der Waals surface area (Å²) >= 11 is 1.46. The Kier molecular flexibility index (Phi) is 5.94. The van der Waals surface area contributed by atoms with E-state index < -0.39 is 17.5 Å². The minimum absolute atomic E-state index is 0.199. The van der Waals surface area contributed by atoms with E-state index in [0.29, 0.717) is 19.3 Å². The standard InChI is InChI=1S/C13H21N3O3S/c1-4-9(10-14-7-8-20-10)15-12(19)16-13(5-2,6-3)11(17)18/h7-9H,4-6H2,1-3H3,(H,17,18)(H2,15,16,19). The normalized spacial score (nSPS) is 12.8. The lowest BCUT2D eigenvalue weighted by atomic mass is 9.93. The van der Waals surface area contributed by atoms with Crippen molar-refractivity contribution in [2.45, 2.75) is 51.6 Å². The van der Waals surface area contributed by atoms with Crippen molar-refractivity contribution in [3.05, 3.63) is 16.6 Å². The highest BCUT2D eigenvalue weighted by Crippen LogP contribution is 2.20. The molecule has 1 aromatic heterocycles. The lowest BCUT2D eigenvalue weighted by Gasteiger charge is -2.29. The lowest BCUT2D eigenvalue weighted by Crippen LogP contribution is -2.56. The molecule has 20 heavy (non-hydrogen) atoms. The first-order valence-corrected chi connectivity index (χ1v) is 7.58. The summed E-state index contributed by atoms with van der Waals surface area (Å²) in [5, 5.41) is 17.3. The van der Waals surface area contributed by atoms with Crippen LogP contribution in [0.25, 0.3) is 0 Å². The molecule has 0 bridgehead atoms. The van der Waals surface area contributed by atoms with Crippen LogP contribution in [0.5, 0.6) is 0 Å². The minimum Gasteiger partial charge on any atom is -0.480 e. The molecule has 6 nitrogen and oxygen atoms in total. The van der Waals surface area contributed by atoms with Crippen molar-refractivity contribution >= 4 is 23.3 Å². The molecule has 0 aliphatic carbocycles. The van der Waals surface area contributed by atoms with E-state index in [1.54, 1.807) is 20.0 Å². The van der Waals surface area contributed by atoms with Crippen LogP contribution in [-0.2, 0) is 4.79 Å². The smallest absolute Gasteiger partial charge is 0.329 e. The monoisotopic (exact) mass is 299 g/mol. The number of carbonyl (C=O) groups is 2. The van der Waals surface area contributed by atoms with Gasteiger partial charge in [-0.1, -0.05) is 20.8 Å². The third kappa shape index (κ3) is 3.69. The average Bonchev–Trinajstić information content (AvgIpc) is 2.95. The fourth-order valence-corrected chi connectivity index (χ4v) is 2.71. The molecule has 0 spiro atoms. The van der Waals surface area contributed by atoms with Gasteiger partial charge in [0.05, 0.1) is 6.04 Å². The van der Waals surface area contributed by atoms with Crippen LogP contribution in [0.15, 0.2) is 11.6 Å². The van der Waals surface area contributed by atoms with Gasteiger partial charge in [0.15, 0.2) is 0 Å². The van der Waals surface area contributed by atoms with Gasteiger partial charge in [-0.2, -0.15) is 0 Å². The fourth-order valence-electron chi connectivity index (χ4n) is 1.94. The van der Waals surface area contributed by atoms with E-state index >= 15 is 0 Å². The topological polar surface area (TPSA) is 91.3 Å². The first-order chi connectivity index (χ1) is 9.49. The molecule has 3 N–H and O–H groups in total. The second kappa shape index (κ2) is 7.23. The Morgan fingerprint density at radius 2 is 2.05 bits per heavy atom. The van der Waals surface area contributed by atoms with E-state index in [0.717, 1.165) is 5.01 Å². The number of carbonyl (C=O) groups excluding carboxylic acids is 1. The number of nitrogens with zero attached hydrogens (tertiary/aromatic N) is 1. The number of rotatable bonds is 7. The quantitative estimate of drug-likeness (QED) is 0.721. The predicted octanol–water partition coefficient (Wildman–Crippen LogP) is 2.54. The summed E-state index contributed by atoms with van der Waals surface area (Å²) in [5.41, 5.74) is -1.22. The highest BCUT2D eigenvalue weighted by Gasteiger charge is 2.36. The molecule has 0 aliphatic heterocycles. The van der Waals surface area contributed by atoms with Gasteiger partial charge in [0.1, 0.15) is 10.5 Å². The number of urea groups is 1. The molecule has 7 heteroatoms. The molecular formula is C13H21N3O3S. The van der Waals surface area contributed by atoms with Crippen molar-refractivity contribution in [3.63, 3.8) is 0 Å². The molecule has 2 amide bonds. The van der Waals surface area contributed by atoms with Crippen molar-refractivity contribution in [2.24, 2.45) is 0 Å². The first-order valence-electron chi connectivity index (χ1n) is 6.70. The van der Waals surface area contributed by atoms with Crippen LogP contribution in [0.4, 0.5) is 4.79 Å². The Morgan fingerprint density at radius 3 is 2.45 bits per heavy atom. The van der Waals surface area contributed by atoms with E-state index in [-0.39, 0.29) is 6.04 Å². The summed E-state index contributed by atoms with van der Waals surface area (Å²) < 4.78 is 0. The maximum atomic E-state index is 12.0. The van der Waals surface area contributed by atoms with Gasteiger partial charge in [0.2, 0.25) is 0 Å². The predicted molar refractivity (Wildman–Crippen MR) is 77.8 cm³/mol. The fraction of sp³-hybridized carbons (Fsp3) is 0.615. The summed E-state index contributed by atoms with van der Waals surface area (Å²) in [6.07, 6.45) is 3.04. The van der Waals surface area contributed by atoms with E-state index in [1.165, 1.54) is 11.3 Å². The molecule has 0 radical (unpaired) electrons. The lowest BCUT2D eigenvalue weighted by molar-refractivity contribution is -0.144. The molecule has 0 aliphatic rings. The second-order valence-electron chi connectivity index (χ2n) is 4.52. The van der Waals surface area contributed by atoms with Gasteiger partial charge in [-0.15, -0.1) is 11.3 Å². The van der Waals surface area contributed by atoms with Gasteiger partial charge >= 0.3 is 12.0 Å². The number of nitrogens with one attached hydrogen (secondary N) is 2. The van der Waals surface area contributed by atoms with Crippen molar-refractivity contribution in [2.75, 3.05) is 0 Å². The van der Waals surface area contributed by atoms with E-state index in [9.17, 15) is 14.7 Å². The molecule has 1 unspecified atom stereocenters. The average molecular weight is 299 g/mol. The third-order valence-electron chi connectivity index (χ3n) is 3.43. The maximum absolute atomic E-state index is 12.0. The Labute approximate surface area is 122 Å². The van der Waals surface area contributed by atoms with Crippen molar-refractivity contribution in [1.82, 2.24) is 15.6 Å². The van der Waals surface area contributed by atoms with Crippen LogP contribution in [0, 0.1) is 0 Å². The van der Waals surface area contributed by atoms with Gasteiger partial charge in [0, 0.05) is 11.6 Å². The largest absolute Gasteiger partial charge is 0.480 e. The van der Waals surface area contributed by atoms with Gasteiger partial charge in [0.25, 0.3) is 0 Å². The minimum atomic E-state index is -1.22. The number of hydrogen-bond acceptors (Lipinski definition) is 4. The molecule has 0 saturated heterocycles. The summed E-state index contributed by atoms with van der Waals surface area (Å²) in [4.78, 5) is 27.6. The zero-order chi connectivity index (χ0) is 15.2. The number of carboxylic acids is 1. The number of amides is 2. The number of hydrogen-bond donors (Lipinski definition) is 3. The zero-order valence-electron chi connectivity index (χ0n) is 12.0. The Balaban J connectivity index is 2.73. The zero-order valence-corrected chi connectivity index (χ0v) is 12.8. The van der Waals surface area contributed by atoms with Crippen LogP contribution in [0.1, 0.15) is 51.1 Å². The second-order valence-corrected chi connectivity index (χ2v) is 5.45. The van der Waals surface area contributed by atoms with Crippen LogP contribution < -0.4 is 10.6 Å². The molecule has 0 aromatic carbocycles. The van der Waals surface area contributed by atoms with Crippen LogP contribution in [0.3, 0.4) is 0 Å². The highest BCUT2D eigenvalue weighted by molar-refractivity contribution is 7.09. The third-order valence-corrected chi connectivity index (χ3v) is 4.32. The van der Waals surface area contributed by atoms with Crippen LogP contribution in [-0.4, -0.2) is 27.6 Å². The molecule has 0 saturated carbocycles. The van der Waals surface area contributed by atoms with Gasteiger partial charge in [-0.25, -0.2) is 14.6 Å². The summed E-state index contributed by atoms with van der Waals surface area (Å²) in [5.74, 6) is -1.01. The molecule has 1 aromatic rings. The Hall–Kier alpha value is -1.63. The molecule has 0 fully saturated rings. The summed E-state index contributed by atoms with van der Waals surface area (Å²) in [6, 6.07) is -0.673.